The van der Waals surface area contributed by atoms with Gasteiger partial charge >= 0.3 is 11.9 Å². The van der Waals surface area contributed by atoms with Gasteiger partial charge in [-0.2, -0.15) is 0 Å². The van der Waals surface area contributed by atoms with Crippen molar-refractivity contribution in [3.8, 4) is 0 Å². The van der Waals surface area contributed by atoms with Crippen molar-refractivity contribution < 1.29 is 19.8 Å². The number of rotatable bonds is 7. The Labute approximate surface area is 181 Å². The Kier molecular flexibility index (Phi) is 9.26. The van der Waals surface area contributed by atoms with Crippen LogP contribution in [-0.2, 0) is 9.59 Å². The molecule has 164 valence electrons. The molecule has 0 aliphatic carbocycles. The summed E-state index contributed by atoms with van der Waals surface area (Å²) < 4.78 is 1.29. The molecule has 0 amide bonds. The molecule has 1 saturated heterocycles. The van der Waals surface area contributed by atoms with Gasteiger partial charge in [-0.15, -0.1) is 0 Å². The van der Waals surface area contributed by atoms with E-state index >= 15 is 0 Å². The first-order valence-corrected chi connectivity index (χ1v) is 11.0. The Morgan fingerprint density at radius 2 is 1.80 bits per heavy atom. The number of aliphatic carboxylic acids is 2. The van der Waals surface area contributed by atoms with Gasteiger partial charge in [0.2, 0.25) is 0 Å². The van der Waals surface area contributed by atoms with Crippen LogP contribution in [0.4, 0.5) is 5.13 Å². The SMILES string of the molecule is CC(C)CCN1CCC(N(C)c2nc3ccccc3s2)CC1.O=C(O)/C=C\C(=O)O. The summed E-state index contributed by atoms with van der Waals surface area (Å²) in [6.07, 6.45) is 4.94. The van der Waals surface area contributed by atoms with Crippen molar-refractivity contribution in [1.82, 2.24) is 9.88 Å². The normalized spacial score (nSPS) is 15.3. The van der Waals surface area contributed by atoms with Gasteiger partial charge in [0.15, 0.2) is 5.13 Å². The maximum atomic E-state index is 9.55. The molecule has 1 aliphatic rings. The first kappa shape index (κ1) is 23.8. The summed E-state index contributed by atoms with van der Waals surface area (Å²) in [7, 11) is 2.21. The van der Waals surface area contributed by atoms with Gasteiger partial charge in [-0.25, -0.2) is 14.6 Å². The molecule has 8 heteroatoms. The van der Waals surface area contributed by atoms with E-state index in [-0.39, 0.29) is 0 Å². The summed E-state index contributed by atoms with van der Waals surface area (Å²) in [5.74, 6) is -1.71. The number of benzene rings is 1. The topological polar surface area (TPSA) is 94.0 Å². The molecule has 2 heterocycles. The van der Waals surface area contributed by atoms with Crippen LogP contribution < -0.4 is 4.90 Å². The van der Waals surface area contributed by atoms with Crippen LogP contribution in [-0.4, -0.2) is 64.8 Å². The third-order valence-corrected chi connectivity index (χ3v) is 6.21. The fraction of sp³-hybridized carbons (Fsp3) is 0.500. The lowest BCUT2D eigenvalue weighted by Gasteiger charge is -2.36. The number of hydrogen-bond acceptors (Lipinski definition) is 6. The minimum atomic E-state index is -1.26. The maximum absolute atomic E-state index is 9.55. The monoisotopic (exact) mass is 433 g/mol. The number of hydrogen-bond donors (Lipinski definition) is 2. The van der Waals surface area contributed by atoms with Crippen LogP contribution in [0.1, 0.15) is 33.1 Å². The van der Waals surface area contributed by atoms with Crippen molar-refractivity contribution in [2.24, 2.45) is 5.92 Å². The van der Waals surface area contributed by atoms with Gasteiger partial charge in [0, 0.05) is 38.3 Å². The molecule has 0 atom stereocenters. The second-order valence-electron chi connectivity index (χ2n) is 7.84. The number of likely N-dealkylation sites (tertiary alicyclic amines) is 1. The van der Waals surface area contributed by atoms with Gasteiger partial charge in [0.25, 0.3) is 0 Å². The highest BCUT2D eigenvalue weighted by Gasteiger charge is 2.24. The molecule has 0 unspecified atom stereocenters. The fourth-order valence-electron chi connectivity index (χ4n) is 3.28. The zero-order chi connectivity index (χ0) is 22.1. The standard InChI is InChI=1S/C18H27N3S.C4H4O4/c1-14(2)8-11-21-12-9-15(10-13-21)20(3)18-19-16-6-4-5-7-17(16)22-18;5-3(6)1-2-4(7)8/h4-7,14-15H,8-13H2,1-3H3;1-2H,(H,5,6)(H,7,8)/b;2-1-. The number of carbonyl (C=O) groups is 2. The van der Waals surface area contributed by atoms with Gasteiger partial charge in [-0.1, -0.05) is 37.3 Å². The number of thiazole rings is 1. The van der Waals surface area contributed by atoms with E-state index in [1.54, 1.807) is 0 Å². The maximum Gasteiger partial charge on any atom is 0.328 e. The lowest BCUT2D eigenvalue weighted by molar-refractivity contribution is -0.134. The highest BCUT2D eigenvalue weighted by molar-refractivity contribution is 7.22. The summed E-state index contributed by atoms with van der Waals surface area (Å²) in [6.45, 7) is 8.34. The number of carboxylic acid groups (broad SMARTS) is 2. The Balaban J connectivity index is 0.000000343. The molecular formula is C22H31N3O4S. The molecule has 30 heavy (non-hydrogen) atoms. The van der Waals surface area contributed by atoms with Crippen LogP contribution >= 0.6 is 11.3 Å². The van der Waals surface area contributed by atoms with Crippen molar-refractivity contribution in [3.63, 3.8) is 0 Å². The van der Waals surface area contributed by atoms with Crippen LogP contribution in [0.25, 0.3) is 10.2 Å². The van der Waals surface area contributed by atoms with Crippen molar-refractivity contribution in [3.05, 3.63) is 36.4 Å². The predicted molar refractivity (Wildman–Crippen MR) is 121 cm³/mol. The van der Waals surface area contributed by atoms with Crippen LogP contribution in [0.2, 0.25) is 0 Å². The van der Waals surface area contributed by atoms with Crippen LogP contribution in [0.5, 0.6) is 0 Å². The summed E-state index contributed by atoms with van der Waals surface area (Å²) >= 11 is 1.82. The van der Waals surface area contributed by atoms with Crippen molar-refractivity contribution >= 4 is 38.6 Å². The van der Waals surface area contributed by atoms with Crippen molar-refractivity contribution in [2.75, 3.05) is 31.6 Å². The molecule has 1 aromatic heterocycles. The Bertz CT molecular complexity index is 808. The number of anilines is 1. The molecule has 0 radical (unpaired) electrons. The van der Waals surface area contributed by atoms with E-state index < -0.39 is 11.9 Å². The quantitative estimate of drug-likeness (QED) is 0.638. The summed E-state index contributed by atoms with van der Waals surface area (Å²) in [4.78, 5) is 28.9. The summed E-state index contributed by atoms with van der Waals surface area (Å²) in [5.41, 5.74) is 1.13. The lowest BCUT2D eigenvalue weighted by atomic mass is 10.0. The first-order valence-electron chi connectivity index (χ1n) is 10.2. The van der Waals surface area contributed by atoms with Gasteiger partial charge in [-0.3, -0.25) is 0 Å². The highest BCUT2D eigenvalue weighted by Crippen LogP contribution is 2.30. The molecule has 2 aromatic rings. The van der Waals surface area contributed by atoms with Gasteiger partial charge in [0.05, 0.1) is 10.2 Å². The van der Waals surface area contributed by atoms with E-state index in [0.29, 0.717) is 18.2 Å². The van der Waals surface area contributed by atoms with E-state index in [2.05, 4.69) is 55.0 Å². The van der Waals surface area contributed by atoms with E-state index in [1.807, 2.05) is 11.3 Å². The Hall–Kier alpha value is -2.45. The lowest BCUT2D eigenvalue weighted by Crippen LogP contribution is -2.43. The summed E-state index contributed by atoms with van der Waals surface area (Å²) in [6, 6.07) is 9.07. The minimum Gasteiger partial charge on any atom is -0.478 e. The number of aromatic nitrogens is 1. The third-order valence-electron chi connectivity index (χ3n) is 5.08. The number of carboxylic acids is 2. The van der Waals surface area contributed by atoms with Crippen LogP contribution in [0.3, 0.4) is 0 Å². The zero-order valence-corrected chi connectivity index (χ0v) is 18.6. The van der Waals surface area contributed by atoms with E-state index in [4.69, 9.17) is 15.2 Å². The zero-order valence-electron chi connectivity index (χ0n) is 17.8. The van der Waals surface area contributed by atoms with Gasteiger partial charge in [-0.05, 0) is 43.9 Å². The molecule has 1 aliphatic heterocycles. The van der Waals surface area contributed by atoms with E-state index in [9.17, 15) is 9.59 Å². The number of piperidine rings is 1. The highest BCUT2D eigenvalue weighted by atomic mass is 32.1. The van der Waals surface area contributed by atoms with E-state index in [1.165, 1.54) is 48.7 Å². The number of fused-ring (bicyclic) bond motifs is 1. The van der Waals surface area contributed by atoms with Gasteiger partial charge < -0.3 is 20.0 Å². The molecular weight excluding hydrogens is 402 g/mol. The second-order valence-corrected chi connectivity index (χ2v) is 8.85. The average Bonchev–Trinajstić information content (AvgIpc) is 3.15. The second kappa shape index (κ2) is 11.7. The molecule has 0 saturated carbocycles. The van der Waals surface area contributed by atoms with Crippen molar-refractivity contribution in [1.29, 1.82) is 0 Å². The predicted octanol–water partition coefficient (Wildman–Crippen LogP) is 3.95. The molecule has 1 aromatic carbocycles. The molecule has 0 bridgehead atoms. The number of nitrogens with zero attached hydrogens (tertiary/aromatic N) is 3. The number of para-hydroxylation sites is 1. The molecule has 3 rings (SSSR count). The van der Waals surface area contributed by atoms with Crippen molar-refractivity contribution in [2.45, 2.75) is 39.2 Å². The minimum absolute atomic E-state index is 0.558. The Morgan fingerprint density at radius 1 is 1.20 bits per heavy atom. The molecule has 7 nitrogen and oxygen atoms in total. The smallest absolute Gasteiger partial charge is 0.328 e. The third kappa shape index (κ3) is 7.76. The molecule has 1 fully saturated rings. The summed E-state index contributed by atoms with van der Waals surface area (Å²) in [5, 5.41) is 16.8. The van der Waals surface area contributed by atoms with E-state index in [0.717, 1.165) is 11.4 Å². The average molecular weight is 434 g/mol. The first-order chi connectivity index (χ1) is 14.3. The molecule has 0 spiro atoms. The fourth-order valence-corrected chi connectivity index (χ4v) is 4.28. The largest absolute Gasteiger partial charge is 0.478 e. The molecule has 2 N–H and O–H groups in total. The van der Waals surface area contributed by atoms with Crippen LogP contribution in [0.15, 0.2) is 36.4 Å². The van der Waals surface area contributed by atoms with Gasteiger partial charge in [0.1, 0.15) is 0 Å². The Morgan fingerprint density at radius 3 is 2.33 bits per heavy atom. The van der Waals surface area contributed by atoms with Crippen LogP contribution in [0, 0.1) is 5.92 Å².